The number of rotatable bonds is 5. The van der Waals surface area contributed by atoms with Gasteiger partial charge in [0, 0.05) is 17.6 Å². The molecule has 1 aromatic rings. The second-order valence-electron chi connectivity index (χ2n) is 5.15. The molecular weight excluding hydrogens is 320 g/mol. The number of hydrogen-bond acceptors (Lipinski definition) is 3. The number of halogens is 1. The number of piperidine rings is 1. The highest BCUT2D eigenvalue weighted by atomic mass is 79.9. The van der Waals surface area contributed by atoms with Gasteiger partial charge in [0.2, 0.25) is 0 Å². The Kier molecular flexibility index (Phi) is 5.86. The molecule has 0 bridgehead atoms. The van der Waals surface area contributed by atoms with Gasteiger partial charge in [0.25, 0.3) is 5.91 Å². The first kappa shape index (κ1) is 15.3. The highest BCUT2D eigenvalue weighted by Gasteiger charge is 2.23. The highest BCUT2D eigenvalue weighted by molar-refractivity contribution is 9.10. The molecule has 1 aromatic carbocycles. The summed E-state index contributed by atoms with van der Waals surface area (Å²) in [6, 6.07) is 7.53. The fourth-order valence-electron chi connectivity index (χ4n) is 2.51. The molecule has 1 N–H and O–H groups in total. The normalized spacial score (nSPS) is 18.9. The third kappa shape index (κ3) is 4.49. The van der Waals surface area contributed by atoms with Crippen LogP contribution in [0.2, 0.25) is 0 Å². The Morgan fingerprint density at radius 2 is 2.20 bits per heavy atom. The third-order valence-corrected chi connectivity index (χ3v) is 4.07. The summed E-state index contributed by atoms with van der Waals surface area (Å²) in [6.07, 6.45) is 2.27. The minimum absolute atomic E-state index is 0.0775. The molecule has 1 aliphatic heterocycles. The van der Waals surface area contributed by atoms with Gasteiger partial charge in [-0.25, -0.2) is 0 Å². The van der Waals surface area contributed by atoms with E-state index in [0.717, 1.165) is 36.3 Å². The van der Waals surface area contributed by atoms with Crippen molar-refractivity contribution in [3.05, 3.63) is 28.7 Å². The van der Waals surface area contributed by atoms with Crippen LogP contribution in [0.1, 0.15) is 12.8 Å². The number of carbonyl (C=O) groups is 1. The summed E-state index contributed by atoms with van der Waals surface area (Å²) in [5.74, 6) is 1.37. The van der Waals surface area contributed by atoms with Crippen molar-refractivity contribution in [2.24, 2.45) is 5.92 Å². The molecule has 0 unspecified atom stereocenters. The van der Waals surface area contributed by atoms with Gasteiger partial charge >= 0.3 is 0 Å². The molecule has 0 saturated carbocycles. The van der Waals surface area contributed by atoms with E-state index in [9.17, 15) is 4.79 Å². The van der Waals surface area contributed by atoms with E-state index < -0.39 is 0 Å². The fourth-order valence-corrected chi connectivity index (χ4v) is 2.78. The summed E-state index contributed by atoms with van der Waals surface area (Å²) in [5, 5.41) is 3.19. The SMILES string of the molecule is CNC[C@@H]1CCCN(C(=O)COc2ccc(Br)cc2)C1. The Bertz CT molecular complexity index is 434. The lowest BCUT2D eigenvalue weighted by Gasteiger charge is -2.32. The van der Waals surface area contributed by atoms with Crippen molar-refractivity contribution in [3.63, 3.8) is 0 Å². The Morgan fingerprint density at radius 3 is 2.90 bits per heavy atom. The van der Waals surface area contributed by atoms with E-state index in [2.05, 4.69) is 21.2 Å². The molecule has 0 aliphatic carbocycles. The Labute approximate surface area is 128 Å². The van der Waals surface area contributed by atoms with Crippen molar-refractivity contribution < 1.29 is 9.53 Å². The predicted molar refractivity (Wildman–Crippen MR) is 82.9 cm³/mol. The van der Waals surface area contributed by atoms with Gasteiger partial charge in [0.05, 0.1) is 0 Å². The topological polar surface area (TPSA) is 41.6 Å². The van der Waals surface area contributed by atoms with Crippen LogP contribution < -0.4 is 10.1 Å². The van der Waals surface area contributed by atoms with E-state index in [1.54, 1.807) is 0 Å². The average Bonchev–Trinajstić information content (AvgIpc) is 2.47. The fraction of sp³-hybridized carbons (Fsp3) is 0.533. The number of ether oxygens (including phenoxy) is 1. The highest BCUT2D eigenvalue weighted by Crippen LogP contribution is 2.18. The van der Waals surface area contributed by atoms with Gasteiger partial charge in [-0.2, -0.15) is 0 Å². The summed E-state index contributed by atoms with van der Waals surface area (Å²) in [7, 11) is 1.96. The number of hydrogen-bond donors (Lipinski definition) is 1. The van der Waals surface area contributed by atoms with Crippen molar-refractivity contribution >= 4 is 21.8 Å². The van der Waals surface area contributed by atoms with Crippen molar-refractivity contribution in [2.45, 2.75) is 12.8 Å². The lowest BCUT2D eigenvalue weighted by Crippen LogP contribution is -2.44. The van der Waals surface area contributed by atoms with Crippen LogP contribution in [0, 0.1) is 5.92 Å². The predicted octanol–water partition coefficient (Wildman–Crippen LogP) is 2.29. The Morgan fingerprint density at radius 1 is 1.45 bits per heavy atom. The third-order valence-electron chi connectivity index (χ3n) is 3.54. The van der Waals surface area contributed by atoms with Gasteiger partial charge in [-0.3, -0.25) is 4.79 Å². The largest absolute Gasteiger partial charge is 0.484 e. The quantitative estimate of drug-likeness (QED) is 0.894. The van der Waals surface area contributed by atoms with Crippen molar-refractivity contribution in [1.82, 2.24) is 10.2 Å². The molecule has 0 spiro atoms. The van der Waals surface area contributed by atoms with E-state index in [-0.39, 0.29) is 12.5 Å². The van der Waals surface area contributed by atoms with Crippen LogP contribution in [0.4, 0.5) is 0 Å². The summed E-state index contributed by atoms with van der Waals surface area (Å²) >= 11 is 3.37. The van der Waals surface area contributed by atoms with E-state index in [0.29, 0.717) is 5.92 Å². The summed E-state index contributed by atoms with van der Waals surface area (Å²) in [4.78, 5) is 14.1. The average molecular weight is 341 g/mol. The van der Waals surface area contributed by atoms with E-state index >= 15 is 0 Å². The zero-order valence-electron chi connectivity index (χ0n) is 11.8. The van der Waals surface area contributed by atoms with Crippen LogP contribution in [-0.4, -0.2) is 44.1 Å². The van der Waals surface area contributed by atoms with Crippen LogP contribution >= 0.6 is 15.9 Å². The number of nitrogens with one attached hydrogen (secondary N) is 1. The molecule has 20 heavy (non-hydrogen) atoms. The first-order chi connectivity index (χ1) is 9.69. The summed E-state index contributed by atoms with van der Waals surface area (Å²) in [6.45, 7) is 2.78. The molecule has 4 nitrogen and oxygen atoms in total. The lowest BCUT2D eigenvalue weighted by molar-refractivity contribution is -0.135. The zero-order valence-corrected chi connectivity index (χ0v) is 13.4. The maximum Gasteiger partial charge on any atom is 0.260 e. The number of nitrogens with zero attached hydrogens (tertiary/aromatic N) is 1. The van der Waals surface area contributed by atoms with Crippen molar-refractivity contribution in [1.29, 1.82) is 0 Å². The molecule has 1 atom stereocenters. The number of amides is 1. The maximum atomic E-state index is 12.2. The summed E-state index contributed by atoms with van der Waals surface area (Å²) < 4.78 is 6.55. The molecule has 1 heterocycles. The molecule has 1 amide bonds. The van der Waals surface area contributed by atoms with Gasteiger partial charge in [0.15, 0.2) is 6.61 Å². The van der Waals surface area contributed by atoms with Gasteiger partial charge < -0.3 is 15.0 Å². The van der Waals surface area contributed by atoms with E-state index in [4.69, 9.17) is 4.74 Å². The number of carbonyl (C=O) groups excluding carboxylic acids is 1. The molecule has 1 aliphatic rings. The minimum atomic E-state index is 0.0775. The molecular formula is C15H21BrN2O2. The molecule has 2 rings (SSSR count). The molecule has 0 radical (unpaired) electrons. The van der Waals surface area contributed by atoms with Crippen LogP contribution in [0.5, 0.6) is 5.75 Å². The van der Waals surface area contributed by atoms with Crippen molar-refractivity contribution in [2.75, 3.05) is 33.3 Å². The molecule has 5 heteroatoms. The number of benzene rings is 1. The standard InChI is InChI=1S/C15H21BrN2O2/c1-17-9-12-3-2-8-18(10-12)15(19)11-20-14-6-4-13(16)5-7-14/h4-7,12,17H,2-3,8-11H2,1H3/t12-/m0/s1. The molecule has 110 valence electrons. The monoisotopic (exact) mass is 340 g/mol. The van der Waals surface area contributed by atoms with Gasteiger partial charge in [0.1, 0.15) is 5.75 Å². The Balaban J connectivity index is 1.80. The summed E-state index contributed by atoms with van der Waals surface area (Å²) in [5.41, 5.74) is 0. The van der Waals surface area contributed by atoms with E-state index in [1.165, 1.54) is 6.42 Å². The van der Waals surface area contributed by atoms with Crippen molar-refractivity contribution in [3.8, 4) is 5.75 Å². The smallest absolute Gasteiger partial charge is 0.260 e. The molecule has 1 saturated heterocycles. The molecule has 1 fully saturated rings. The van der Waals surface area contributed by atoms with E-state index in [1.807, 2.05) is 36.2 Å². The van der Waals surface area contributed by atoms with Crippen LogP contribution in [0.3, 0.4) is 0 Å². The van der Waals surface area contributed by atoms with Gasteiger partial charge in [-0.15, -0.1) is 0 Å². The Hall–Kier alpha value is -1.07. The second kappa shape index (κ2) is 7.64. The first-order valence-electron chi connectivity index (χ1n) is 7.00. The molecule has 0 aromatic heterocycles. The lowest BCUT2D eigenvalue weighted by atomic mass is 9.98. The zero-order chi connectivity index (χ0) is 14.4. The van der Waals surface area contributed by atoms with Crippen LogP contribution in [-0.2, 0) is 4.79 Å². The number of likely N-dealkylation sites (tertiary alicyclic amines) is 1. The second-order valence-corrected chi connectivity index (χ2v) is 6.06. The van der Waals surface area contributed by atoms with Gasteiger partial charge in [-0.05, 0) is 56.6 Å². The maximum absolute atomic E-state index is 12.2. The van der Waals surface area contributed by atoms with Gasteiger partial charge in [-0.1, -0.05) is 15.9 Å². The van der Waals surface area contributed by atoms with Crippen LogP contribution in [0.15, 0.2) is 28.7 Å². The van der Waals surface area contributed by atoms with Crippen LogP contribution in [0.25, 0.3) is 0 Å². The minimum Gasteiger partial charge on any atom is -0.484 e. The first-order valence-corrected chi connectivity index (χ1v) is 7.79.